The van der Waals surface area contributed by atoms with Crippen LogP contribution in [0.25, 0.3) is 0 Å². The van der Waals surface area contributed by atoms with Crippen molar-refractivity contribution in [3.8, 4) is 12.0 Å². The van der Waals surface area contributed by atoms with Gasteiger partial charge in [0.15, 0.2) is 0 Å². The van der Waals surface area contributed by atoms with E-state index in [-0.39, 0.29) is 6.29 Å². The van der Waals surface area contributed by atoms with Crippen LogP contribution < -0.4 is 0 Å². The lowest BCUT2D eigenvalue weighted by Gasteiger charge is -2.19. The van der Waals surface area contributed by atoms with Crippen molar-refractivity contribution in [1.29, 1.82) is 0 Å². The van der Waals surface area contributed by atoms with E-state index in [0.717, 1.165) is 25.9 Å². The molecule has 1 aliphatic rings. The van der Waals surface area contributed by atoms with E-state index in [1.54, 1.807) is 0 Å². The minimum atomic E-state index is -0.0909. The van der Waals surface area contributed by atoms with Crippen LogP contribution in [0.15, 0.2) is 12.2 Å². The Labute approximate surface area is 79.9 Å². The molecule has 72 valence electrons. The quantitative estimate of drug-likeness (QED) is 0.480. The molecular weight excluding hydrogens is 164 g/mol. The van der Waals surface area contributed by atoms with E-state index in [9.17, 15) is 0 Å². The van der Waals surface area contributed by atoms with Crippen molar-refractivity contribution < 1.29 is 9.47 Å². The summed E-state index contributed by atoms with van der Waals surface area (Å²) in [4.78, 5) is 0. The number of hydrogen-bond donors (Lipinski definition) is 0. The Morgan fingerprint density at radius 1 is 1.54 bits per heavy atom. The van der Waals surface area contributed by atoms with Gasteiger partial charge in [0, 0.05) is 12.8 Å². The maximum Gasteiger partial charge on any atom is 0.210 e. The third-order valence-electron chi connectivity index (χ3n) is 1.86. The van der Waals surface area contributed by atoms with Gasteiger partial charge in [-0.25, -0.2) is 0 Å². The Morgan fingerprint density at radius 2 is 2.46 bits per heavy atom. The summed E-state index contributed by atoms with van der Waals surface area (Å²) in [5.74, 6) is 2.89. The molecule has 0 amide bonds. The van der Waals surface area contributed by atoms with Crippen molar-refractivity contribution in [3.05, 3.63) is 12.2 Å². The van der Waals surface area contributed by atoms with Gasteiger partial charge in [0.1, 0.15) is 6.11 Å². The lowest BCUT2D eigenvalue weighted by molar-refractivity contribution is -0.121. The standard InChI is InChI=1S/C11H16O2/c1-2-3-4-6-9-12-11-8-5-7-10-13-11/h2-3,11H,4-5,7-8,10H2,1H3. The Balaban J connectivity index is 2.11. The number of ether oxygens (including phenoxy) is 2. The molecule has 0 radical (unpaired) electrons. The summed E-state index contributed by atoms with van der Waals surface area (Å²) >= 11 is 0. The molecule has 0 aliphatic carbocycles. The third kappa shape index (κ3) is 4.59. The van der Waals surface area contributed by atoms with E-state index in [1.807, 2.05) is 19.1 Å². The summed E-state index contributed by atoms with van der Waals surface area (Å²) in [6, 6.07) is 0. The molecule has 0 spiro atoms. The highest BCUT2D eigenvalue weighted by molar-refractivity contribution is 4.99. The van der Waals surface area contributed by atoms with Gasteiger partial charge in [-0.15, -0.1) is 0 Å². The summed E-state index contributed by atoms with van der Waals surface area (Å²) in [7, 11) is 0. The first kappa shape index (κ1) is 10.1. The zero-order valence-electron chi connectivity index (χ0n) is 8.08. The van der Waals surface area contributed by atoms with Gasteiger partial charge in [-0.3, -0.25) is 0 Å². The molecule has 1 rings (SSSR count). The highest BCUT2D eigenvalue weighted by atomic mass is 16.7. The molecule has 13 heavy (non-hydrogen) atoms. The van der Waals surface area contributed by atoms with Crippen molar-refractivity contribution in [1.82, 2.24) is 0 Å². The number of rotatable bonds is 2. The highest BCUT2D eigenvalue weighted by Crippen LogP contribution is 2.12. The van der Waals surface area contributed by atoms with Crippen molar-refractivity contribution in [2.45, 2.75) is 38.9 Å². The monoisotopic (exact) mass is 180 g/mol. The van der Waals surface area contributed by atoms with E-state index in [0.29, 0.717) is 0 Å². The Bertz CT molecular complexity index is 204. The molecule has 1 saturated heterocycles. The van der Waals surface area contributed by atoms with Crippen LogP contribution in [0, 0.1) is 12.0 Å². The van der Waals surface area contributed by atoms with Crippen LogP contribution in [0.4, 0.5) is 0 Å². The molecule has 0 aromatic rings. The summed E-state index contributed by atoms with van der Waals surface area (Å²) in [6.45, 7) is 2.79. The van der Waals surface area contributed by atoms with Gasteiger partial charge in [-0.05, 0) is 19.8 Å². The van der Waals surface area contributed by atoms with Crippen LogP contribution in [0.1, 0.15) is 32.6 Å². The maximum atomic E-state index is 5.34. The minimum absolute atomic E-state index is 0.0909. The second kappa shape index (κ2) is 6.56. The van der Waals surface area contributed by atoms with Gasteiger partial charge in [-0.1, -0.05) is 18.1 Å². The summed E-state index contributed by atoms with van der Waals surface area (Å²) in [5.41, 5.74) is 0. The van der Waals surface area contributed by atoms with Crippen molar-refractivity contribution in [2.75, 3.05) is 6.61 Å². The molecule has 0 aromatic heterocycles. The average molecular weight is 180 g/mol. The molecule has 1 aliphatic heterocycles. The number of allylic oxidation sites excluding steroid dienone is 2. The largest absolute Gasteiger partial charge is 0.414 e. The summed E-state index contributed by atoms with van der Waals surface area (Å²) in [6.07, 6.45) is 10.6. The molecule has 0 bridgehead atoms. The lowest BCUT2D eigenvalue weighted by atomic mass is 10.2. The molecular formula is C11H16O2. The first-order chi connectivity index (χ1) is 6.43. The normalized spacial score (nSPS) is 22.4. The highest BCUT2D eigenvalue weighted by Gasteiger charge is 2.12. The molecule has 0 saturated carbocycles. The van der Waals surface area contributed by atoms with Gasteiger partial charge in [-0.2, -0.15) is 0 Å². The fourth-order valence-corrected chi connectivity index (χ4v) is 1.13. The molecule has 1 fully saturated rings. The van der Waals surface area contributed by atoms with E-state index in [4.69, 9.17) is 9.47 Å². The molecule has 2 nitrogen and oxygen atoms in total. The SMILES string of the molecule is CC=CCC#COC1CCCCO1. The number of hydrogen-bond acceptors (Lipinski definition) is 2. The molecule has 1 unspecified atom stereocenters. The molecule has 0 N–H and O–H groups in total. The maximum absolute atomic E-state index is 5.34. The van der Waals surface area contributed by atoms with Crippen molar-refractivity contribution >= 4 is 0 Å². The fourth-order valence-electron chi connectivity index (χ4n) is 1.13. The minimum Gasteiger partial charge on any atom is -0.414 e. The van der Waals surface area contributed by atoms with Gasteiger partial charge < -0.3 is 9.47 Å². The lowest BCUT2D eigenvalue weighted by Crippen LogP contribution is -2.20. The van der Waals surface area contributed by atoms with Crippen LogP contribution in [0.3, 0.4) is 0 Å². The summed E-state index contributed by atoms with van der Waals surface area (Å²) < 4.78 is 10.6. The van der Waals surface area contributed by atoms with Gasteiger partial charge in [0.25, 0.3) is 0 Å². The second-order valence-corrected chi connectivity index (χ2v) is 2.97. The van der Waals surface area contributed by atoms with Gasteiger partial charge in [0.2, 0.25) is 6.29 Å². The third-order valence-corrected chi connectivity index (χ3v) is 1.86. The smallest absolute Gasteiger partial charge is 0.210 e. The zero-order valence-corrected chi connectivity index (χ0v) is 8.08. The topological polar surface area (TPSA) is 18.5 Å². The predicted molar refractivity (Wildman–Crippen MR) is 51.9 cm³/mol. The first-order valence-electron chi connectivity index (χ1n) is 4.79. The van der Waals surface area contributed by atoms with Gasteiger partial charge >= 0.3 is 0 Å². The Morgan fingerprint density at radius 3 is 3.15 bits per heavy atom. The van der Waals surface area contributed by atoms with Crippen LogP contribution in [0.2, 0.25) is 0 Å². The predicted octanol–water partition coefficient (Wildman–Crippen LogP) is 2.46. The van der Waals surface area contributed by atoms with Crippen molar-refractivity contribution in [3.63, 3.8) is 0 Å². The zero-order chi connectivity index (χ0) is 9.36. The second-order valence-electron chi connectivity index (χ2n) is 2.97. The van der Waals surface area contributed by atoms with Crippen LogP contribution in [-0.4, -0.2) is 12.9 Å². The summed E-state index contributed by atoms with van der Waals surface area (Å²) in [5, 5.41) is 0. The average Bonchev–Trinajstić information content (AvgIpc) is 2.19. The fraction of sp³-hybridized carbons (Fsp3) is 0.636. The van der Waals surface area contributed by atoms with E-state index in [2.05, 4.69) is 12.0 Å². The Hall–Kier alpha value is -0.940. The van der Waals surface area contributed by atoms with E-state index in [1.165, 1.54) is 6.42 Å². The van der Waals surface area contributed by atoms with Crippen molar-refractivity contribution in [2.24, 2.45) is 0 Å². The van der Waals surface area contributed by atoms with E-state index < -0.39 is 0 Å². The van der Waals surface area contributed by atoms with Crippen LogP contribution >= 0.6 is 0 Å². The molecule has 0 aromatic carbocycles. The molecule has 1 atom stereocenters. The van der Waals surface area contributed by atoms with Crippen LogP contribution in [-0.2, 0) is 9.47 Å². The molecule has 2 heteroatoms. The van der Waals surface area contributed by atoms with Crippen LogP contribution in [0.5, 0.6) is 0 Å². The molecule has 1 heterocycles. The first-order valence-corrected chi connectivity index (χ1v) is 4.79. The Kier molecular flexibility index (Phi) is 5.12. The van der Waals surface area contributed by atoms with Gasteiger partial charge in [0.05, 0.1) is 6.61 Å². The van der Waals surface area contributed by atoms with E-state index >= 15 is 0 Å².